The third-order valence-corrected chi connectivity index (χ3v) is 4.12. The van der Waals surface area contributed by atoms with Crippen molar-refractivity contribution in [2.24, 2.45) is 0 Å². The minimum absolute atomic E-state index is 0.321. The fourth-order valence-corrected chi connectivity index (χ4v) is 2.83. The maximum absolute atomic E-state index is 10.6. The number of anilines is 1. The molecule has 2 aromatic heterocycles. The van der Waals surface area contributed by atoms with E-state index in [9.17, 15) is 15.3 Å². The van der Waals surface area contributed by atoms with Crippen molar-refractivity contribution in [3.05, 3.63) is 18.6 Å². The number of hydrogen-bond donors (Lipinski definition) is 4. The second-order valence-electron chi connectivity index (χ2n) is 5.79. The molecule has 1 saturated heterocycles. The standard InChI is InChI=1S/C13H18N4O4/c1-12(5-18)10(19)13(2,20)11(21-12)17-4-3-7-8(14)15-6-16-9(7)17/h3-4,6,10-11,18-20H,5H2,1-2H3,(H2,14,15,16)/t10?,11-,12-,13?/m1/s1. The zero-order valence-electron chi connectivity index (χ0n) is 11.8. The number of nitrogens with two attached hydrogens (primary N) is 1. The number of ether oxygens (including phenoxy) is 1. The lowest BCUT2D eigenvalue weighted by atomic mass is 9.89. The van der Waals surface area contributed by atoms with Crippen LogP contribution < -0.4 is 5.73 Å². The van der Waals surface area contributed by atoms with Crippen LogP contribution in [-0.4, -0.2) is 53.8 Å². The zero-order valence-corrected chi connectivity index (χ0v) is 11.8. The van der Waals surface area contributed by atoms with Gasteiger partial charge in [0.2, 0.25) is 0 Å². The smallest absolute Gasteiger partial charge is 0.167 e. The van der Waals surface area contributed by atoms with Crippen LogP contribution in [0.4, 0.5) is 5.82 Å². The van der Waals surface area contributed by atoms with Gasteiger partial charge in [0.05, 0.1) is 12.0 Å². The molecule has 21 heavy (non-hydrogen) atoms. The van der Waals surface area contributed by atoms with Gasteiger partial charge in [-0.05, 0) is 19.9 Å². The molecule has 1 aliphatic heterocycles. The molecule has 0 amide bonds. The van der Waals surface area contributed by atoms with Crippen molar-refractivity contribution < 1.29 is 20.1 Å². The normalized spacial score (nSPS) is 36.4. The number of aliphatic hydroxyl groups excluding tert-OH is 2. The van der Waals surface area contributed by atoms with E-state index in [1.807, 2.05) is 0 Å². The molecular weight excluding hydrogens is 276 g/mol. The van der Waals surface area contributed by atoms with E-state index in [4.69, 9.17) is 10.5 Å². The van der Waals surface area contributed by atoms with Crippen molar-refractivity contribution in [3.8, 4) is 0 Å². The molecule has 0 aromatic carbocycles. The van der Waals surface area contributed by atoms with Crippen LogP contribution in [0, 0.1) is 0 Å². The molecule has 0 spiro atoms. The monoisotopic (exact) mass is 294 g/mol. The molecule has 114 valence electrons. The minimum Gasteiger partial charge on any atom is -0.393 e. The molecule has 0 radical (unpaired) electrons. The van der Waals surface area contributed by atoms with Crippen LogP contribution in [0.2, 0.25) is 0 Å². The number of rotatable bonds is 2. The Balaban J connectivity index is 2.13. The van der Waals surface area contributed by atoms with E-state index in [2.05, 4.69) is 9.97 Å². The highest BCUT2D eigenvalue weighted by molar-refractivity contribution is 5.86. The third-order valence-electron chi connectivity index (χ3n) is 4.12. The van der Waals surface area contributed by atoms with Gasteiger partial charge >= 0.3 is 0 Å². The van der Waals surface area contributed by atoms with Crippen molar-refractivity contribution in [3.63, 3.8) is 0 Å². The fraction of sp³-hybridized carbons (Fsp3) is 0.538. The highest BCUT2D eigenvalue weighted by atomic mass is 16.6. The molecule has 0 aliphatic carbocycles. The van der Waals surface area contributed by atoms with Gasteiger partial charge in [0.25, 0.3) is 0 Å². The molecule has 2 aromatic rings. The predicted octanol–water partition coefficient (Wildman–Crippen LogP) is -0.595. The van der Waals surface area contributed by atoms with Crippen molar-refractivity contribution in [2.75, 3.05) is 12.3 Å². The number of fused-ring (bicyclic) bond motifs is 1. The van der Waals surface area contributed by atoms with Crippen LogP contribution in [0.1, 0.15) is 20.1 Å². The number of nitrogen functional groups attached to an aromatic ring is 1. The van der Waals surface area contributed by atoms with E-state index in [0.717, 1.165) is 0 Å². The van der Waals surface area contributed by atoms with Gasteiger partial charge in [0.1, 0.15) is 35.1 Å². The molecule has 3 heterocycles. The van der Waals surface area contributed by atoms with Crippen LogP contribution in [0.15, 0.2) is 18.6 Å². The SMILES string of the molecule is CC1(O)C(O)[C@@](C)(CO)O[C@H]1n1ccc2c(N)ncnc21. The summed E-state index contributed by atoms with van der Waals surface area (Å²) in [5.41, 5.74) is 3.42. The maximum atomic E-state index is 10.6. The summed E-state index contributed by atoms with van der Waals surface area (Å²) in [4.78, 5) is 8.05. The summed E-state index contributed by atoms with van der Waals surface area (Å²) < 4.78 is 7.31. The molecule has 1 aliphatic rings. The Morgan fingerprint density at radius 3 is 2.76 bits per heavy atom. The van der Waals surface area contributed by atoms with Gasteiger partial charge < -0.3 is 30.4 Å². The number of hydrogen-bond acceptors (Lipinski definition) is 7. The Labute approximate surface area is 120 Å². The summed E-state index contributed by atoms with van der Waals surface area (Å²) in [5.74, 6) is 0.321. The molecule has 1 fully saturated rings. The van der Waals surface area contributed by atoms with Crippen LogP contribution in [0.5, 0.6) is 0 Å². The van der Waals surface area contributed by atoms with Crippen LogP contribution >= 0.6 is 0 Å². The summed E-state index contributed by atoms with van der Waals surface area (Å²) in [6.45, 7) is 2.58. The molecule has 0 saturated carbocycles. The van der Waals surface area contributed by atoms with Gasteiger partial charge in [-0.25, -0.2) is 9.97 Å². The van der Waals surface area contributed by atoms with E-state index in [1.165, 1.54) is 13.3 Å². The van der Waals surface area contributed by atoms with Gasteiger partial charge in [0, 0.05) is 6.20 Å². The topological polar surface area (TPSA) is 127 Å². The highest BCUT2D eigenvalue weighted by Crippen LogP contribution is 2.45. The summed E-state index contributed by atoms with van der Waals surface area (Å²) in [6.07, 6.45) is 0.817. The molecular formula is C13H18N4O4. The average Bonchev–Trinajstić information content (AvgIpc) is 2.94. The van der Waals surface area contributed by atoms with Crippen LogP contribution in [0.3, 0.4) is 0 Å². The molecule has 0 bridgehead atoms. The first-order valence-corrected chi connectivity index (χ1v) is 6.57. The van der Waals surface area contributed by atoms with E-state index < -0.39 is 30.1 Å². The van der Waals surface area contributed by atoms with Gasteiger partial charge in [-0.1, -0.05) is 0 Å². The summed E-state index contributed by atoms with van der Waals surface area (Å²) in [5, 5.41) is 31.0. The first-order valence-electron chi connectivity index (χ1n) is 6.57. The van der Waals surface area contributed by atoms with Crippen molar-refractivity contribution in [2.45, 2.75) is 37.4 Å². The van der Waals surface area contributed by atoms with Gasteiger partial charge in [0.15, 0.2) is 6.23 Å². The lowest BCUT2D eigenvalue weighted by molar-refractivity contribution is -0.119. The first kappa shape index (κ1) is 14.2. The Morgan fingerprint density at radius 1 is 1.43 bits per heavy atom. The molecule has 8 nitrogen and oxygen atoms in total. The Hall–Kier alpha value is -1.74. The van der Waals surface area contributed by atoms with Crippen LogP contribution in [0.25, 0.3) is 11.0 Å². The van der Waals surface area contributed by atoms with Gasteiger partial charge in [-0.3, -0.25) is 0 Å². The highest BCUT2D eigenvalue weighted by Gasteiger charge is 2.59. The molecule has 3 rings (SSSR count). The van der Waals surface area contributed by atoms with E-state index >= 15 is 0 Å². The summed E-state index contributed by atoms with van der Waals surface area (Å²) >= 11 is 0. The number of aromatic nitrogens is 3. The number of nitrogens with zero attached hydrogens (tertiary/aromatic N) is 3. The molecule has 4 atom stereocenters. The molecule has 5 N–H and O–H groups in total. The molecule has 2 unspecified atom stereocenters. The average molecular weight is 294 g/mol. The van der Waals surface area contributed by atoms with E-state index in [-0.39, 0.29) is 0 Å². The van der Waals surface area contributed by atoms with Crippen molar-refractivity contribution >= 4 is 16.9 Å². The quantitative estimate of drug-likeness (QED) is 0.582. The van der Waals surface area contributed by atoms with Crippen LogP contribution in [-0.2, 0) is 4.74 Å². The van der Waals surface area contributed by atoms with Gasteiger partial charge in [-0.2, -0.15) is 0 Å². The number of aliphatic hydroxyl groups is 3. The predicted molar refractivity (Wildman–Crippen MR) is 74.2 cm³/mol. The third kappa shape index (κ3) is 1.84. The Bertz CT molecular complexity index is 686. The maximum Gasteiger partial charge on any atom is 0.167 e. The Morgan fingerprint density at radius 2 is 2.14 bits per heavy atom. The summed E-state index contributed by atoms with van der Waals surface area (Å²) in [7, 11) is 0. The summed E-state index contributed by atoms with van der Waals surface area (Å²) in [6, 6.07) is 1.71. The Kier molecular flexibility index (Phi) is 2.96. The van der Waals surface area contributed by atoms with Gasteiger partial charge in [-0.15, -0.1) is 0 Å². The van der Waals surface area contributed by atoms with E-state index in [1.54, 1.807) is 23.8 Å². The largest absolute Gasteiger partial charge is 0.393 e. The lowest BCUT2D eigenvalue weighted by Crippen LogP contribution is -2.49. The second-order valence-corrected chi connectivity index (χ2v) is 5.79. The zero-order chi connectivity index (χ0) is 15.4. The first-order chi connectivity index (χ1) is 9.81. The van der Waals surface area contributed by atoms with E-state index in [0.29, 0.717) is 16.9 Å². The van der Waals surface area contributed by atoms with Crippen molar-refractivity contribution in [1.82, 2.24) is 14.5 Å². The fourth-order valence-electron chi connectivity index (χ4n) is 2.83. The minimum atomic E-state index is -1.59. The molecule has 8 heteroatoms. The second kappa shape index (κ2) is 4.38. The van der Waals surface area contributed by atoms with Crippen molar-refractivity contribution in [1.29, 1.82) is 0 Å². The lowest BCUT2D eigenvalue weighted by Gasteiger charge is -2.28.